The van der Waals surface area contributed by atoms with Crippen LogP contribution in [0.25, 0.3) is 0 Å². The number of rotatable bonds is 4. The van der Waals surface area contributed by atoms with Crippen LogP contribution in [0.15, 0.2) is 34.1 Å². The lowest BCUT2D eigenvalue weighted by Gasteiger charge is -2.24. The van der Waals surface area contributed by atoms with Gasteiger partial charge in [0.05, 0.1) is 18.2 Å². The van der Waals surface area contributed by atoms with Crippen LogP contribution in [0.1, 0.15) is 23.2 Å². The second-order valence-electron chi connectivity index (χ2n) is 5.22. The first-order valence-corrected chi connectivity index (χ1v) is 9.27. The lowest BCUT2D eigenvalue weighted by Crippen LogP contribution is -2.38. The van der Waals surface area contributed by atoms with E-state index in [-0.39, 0.29) is 16.2 Å². The molecule has 1 fully saturated rings. The van der Waals surface area contributed by atoms with E-state index >= 15 is 0 Å². The first-order chi connectivity index (χ1) is 10.4. The van der Waals surface area contributed by atoms with Gasteiger partial charge in [-0.2, -0.15) is 5.10 Å². The molecule has 118 valence electrons. The maximum atomic E-state index is 12.6. The number of hydrogen-bond donors (Lipinski definition) is 1. The maximum Gasteiger partial charge on any atom is 0.255 e. The van der Waals surface area contributed by atoms with Crippen molar-refractivity contribution in [3.8, 4) is 0 Å². The maximum absolute atomic E-state index is 12.6. The largest absolute Gasteiger partial charge is 0.334 e. The van der Waals surface area contributed by atoms with Crippen LogP contribution >= 0.6 is 11.3 Å². The molecular weight excluding hydrogens is 324 g/mol. The number of sulfonamides is 1. The number of thiophene rings is 1. The van der Waals surface area contributed by atoms with Crippen molar-refractivity contribution >= 4 is 27.3 Å². The molecule has 7 nitrogen and oxygen atoms in total. The van der Waals surface area contributed by atoms with E-state index in [9.17, 15) is 13.2 Å². The molecule has 1 aliphatic heterocycles. The van der Waals surface area contributed by atoms with Crippen LogP contribution in [0.4, 0.5) is 0 Å². The van der Waals surface area contributed by atoms with E-state index in [1.165, 1.54) is 6.07 Å². The minimum absolute atomic E-state index is 0.0127. The summed E-state index contributed by atoms with van der Waals surface area (Å²) in [5, 5.41) is 10.8. The van der Waals surface area contributed by atoms with Crippen LogP contribution in [0.5, 0.6) is 0 Å². The summed E-state index contributed by atoms with van der Waals surface area (Å²) in [5.41, 5.74) is 0.376. The number of nitrogens with zero attached hydrogens (tertiary/aromatic N) is 3. The number of likely N-dealkylation sites (tertiary alicyclic amines) is 1. The number of primary sulfonamides is 1. The zero-order valence-corrected chi connectivity index (χ0v) is 13.4. The third-order valence-electron chi connectivity index (χ3n) is 3.70. The first-order valence-electron chi connectivity index (χ1n) is 6.85. The highest BCUT2D eigenvalue weighted by Crippen LogP contribution is 2.25. The Bertz CT molecular complexity index is 767. The average Bonchev–Trinajstić information content (AvgIpc) is 3.19. The number of carbonyl (C=O) groups excluding carboxylic acids is 1. The fourth-order valence-electron chi connectivity index (χ4n) is 2.66. The first kappa shape index (κ1) is 15.2. The number of hydrogen-bond acceptors (Lipinski definition) is 5. The summed E-state index contributed by atoms with van der Waals surface area (Å²) < 4.78 is 24.5. The molecule has 1 unspecified atom stereocenters. The molecule has 1 saturated heterocycles. The van der Waals surface area contributed by atoms with Crippen molar-refractivity contribution in [3.63, 3.8) is 0 Å². The van der Waals surface area contributed by atoms with Crippen molar-refractivity contribution in [2.45, 2.75) is 29.6 Å². The van der Waals surface area contributed by atoms with E-state index in [0.29, 0.717) is 18.7 Å². The molecule has 1 atom stereocenters. The van der Waals surface area contributed by atoms with E-state index in [4.69, 9.17) is 5.14 Å². The van der Waals surface area contributed by atoms with Crippen LogP contribution in [0.2, 0.25) is 0 Å². The van der Waals surface area contributed by atoms with Crippen LogP contribution in [0, 0.1) is 0 Å². The summed E-state index contributed by atoms with van der Waals surface area (Å²) in [6.07, 6.45) is 5.42. The predicted molar refractivity (Wildman–Crippen MR) is 82.0 cm³/mol. The third kappa shape index (κ3) is 3.06. The van der Waals surface area contributed by atoms with Gasteiger partial charge >= 0.3 is 0 Å². The monoisotopic (exact) mass is 340 g/mol. The highest BCUT2D eigenvalue weighted by atomic mass is 32.2. The second kappa shape index (κ2) is 5.82. The topological polar surface area (TPSA) is 98.3 Å². The standard InChI is InChI=1S/C13H16N4O3S2/c14-22(19,20)12-7-10(9-21-12)13(18)17-6-1-3-11(17)8-16-5-2-4-15-16/h2,4-5,7,9,11H,1,3,6,8H2,(H2,14,19,20). The summed E-state index contributed by atoms with van der Waals surface area (Å²) in [6.45, 7) is 1.32. The lowest BCUT2D eigenvalue weighted by atomic mass is 10.2. The summed E-state index contributed by atoms with van der Waals surface area (Å²) in [4.78, 5) is 14.4. The minimum atomic E-state index is -3.76. The molecule has 0 radical (unpaired) electrons. The van der Waals surface area contributed by atoms with Gasteiger partial charge in [0.25, 0.3) is 5.91 Å². The Kier molecular flexibility index (Phi) is 4.02. The van der Waals surface area contributed by atoms with Crippen molar-refractivity contribution in [1.82, 2.24) is 14.7 Å². The van der Waals surface area contributed by atoms with Crippen molar-refractivity contribution in [2.75, 3.05) is 6.54 Å². The number of carbonyl (C=O) groups is 1. The highest BCUT2D eigenvalue weighted by Gasteiger charge is 2.30. The quantitative estimate of drug-likeness (QED) is 0.894. The third-order valence-corrected chi connectivity index (χ3v) is 6.08. The van der Waals surface area contributed by atoms with Crippen LogP contribution in [0.3, 0.4) is 0 Å². The summed E-state index contributed by atoms with van der Waals surface area (Å²) in [7, 11) is -3.76. The van der Waals surface area contributed by atoms with Gasteiger partial charge in [-0.3, -0.25) is 9.48 Å². The molecule has 0 saturated carbocycles. The normalized spacial score (nSPS) is 18.8. The van der Waals surface area contributed by atoms with E-state index in [2.05, 4.69) is 5.10 Å². The van der Waals surface area contributed by atoms with Gasteiger partial charge < -0.3 is 4.90 Å². The molecular formula is C13H16N4O3S2. The van der Waals surface area contributed by atoms with Crippen LogP contribution in [-0.2, 0) is 16.6 Å². The minimum Gasteiger partial charge on any atom is -0.334 e. The molecule has 3 heterocycles. The van der Waals surface area contributed by atoms with Crippen molar-refractivity contribution < 1.29 is 13.2 Å². The smallest absolute Gasteiger partial charge is 0.255 e. The molecule has 0 aromatic carbocycles. The van der Waals surface area contributed by atoms with Gasteiger partial charge in [0.1, 0.15) is 4.21 Å². The van der Waals surface area contributed by atoms with E-state index in [1.807, 2.05) is 12.3 Å². The predicted octanol–water partition coefficient (Wildman–Crippen LogP) is 0.897. The summed E-state index contributed by atoms with van der Waals surface area (Å²) in [5.74, 6) is -0.152. The molecule has 22 heavy (non-hydrogen) atoms. The number of nitrogens with two attached hydrogens (primary N) is 1. The van der Waals surface area contributed by atoms with Gasteiger partial charge in [0.2, 0.25) is 10.0 Å². The Morgan fingerprint density at radius 1 is 1.50 bits per heavy atom. The molecule has 0 bridgehead atoms. The Morgan fingerprint density at radius 3 is 2.95 bits per heavy atom. The molecule has 2 aromatic heterocycles. The zero-order chi connectivity index (χ0) is 15.7. The van der Waals surface area contributed by atoms with Gasteiger partial charge in [0, 0.05) is 24.3 Å². The molecule has 1 amide bonds. The van der Waals surface area contributed by atoms with Gasteiger partial charge in [-0.05, 0) is 25.0 Å². The second-order valence-corrected chi connectivity index (χ2v) is 7.92. The zero-order valence-electron chi connectivity index (χ0n) is 11.8. The molecule has 2 aromatic rings. The Balaban J connectivity index is 1.77. The number of aromatic nitrogens is 2. The molecule has 0 aliphatic carbocycles. The lowest BCUT2D eigenvalue weighted by molar-refractivity contribution is 0.0722. The number of amides is 1. The molecule has 0 spiro atoms. The fraction of sp³-hybridized carbons (Fsp3) is 0.385. The molecule has 1 aliphatic rings. The van der Waals surface area contributed by atoms with Crippen molar-refractivity contribution in [1.29, 1.82) is 0 Å². The van der Waals surface area contributed by atoms with Gasteiger partial charge in [-0.25, -0.2) is 13.6 Å². The molecule has 3 rings (SSSR count). The fourth-order valence-corrected chi connectivity index (χ4v) is 4.24. The van der Waals surface area contributed by atoms with E-state index in [1.54, 1.807) is 21.2 Å². The van der Waals surface area contributed by atoms with Crippen molar-refractivity contribution in [3.05, 3.63) is 35.5 Å². The highest BCUT2D eigenvalue weighted by molar-refractivity contribution is 7.91. The Hall–Kier alpha value is -1.71. The Morgan fingerprint density at radius 2 is 2.32 bits per heavy atom. The van der Waals surface area contributed by atoms with Crippen molar-refractivity contribution in [2.24, 2.45) is 5.14 Å². The van der Waals surface area contributed by atoms with Crippen LogP contribution < -0.4 is 5.14 Å². The average molecular weight is 340 g/mol. The molecule has 9 heteroatoms. The van der Waals surface area contributed by atoms with Gasteiger partial charge in [-0.15, -0.1) is 11.3 Å². The van der Waals surface area contributed by atoms with E-state index in [0.717, 1.165) is 24.2 Å². The van der Waals surface area contributed by atoms with Gasteiger partial charge in [-0.1, -0.05) is 0 Å². The molecule has 2 N–H and O–H groups in total. The van der Waals surface area contributed by atoms with Gasteiger partial charge in [0.15, 0.2) is 0 Å². The SMILES string of the molecule is NS(=O)(=O)c1cc(C(=O)N2CCCC2Cn2cccn2)cs1. The van der Waals surface area contributed by atoms with Crippen LogP contribution in [-0.4, -0.2) is 41.6 Å². The summed E-state index contributed by atoms with van der Waals surface area (Å²) in [6, 6.07) is 3.27. The Labute approximate surface area is 132 Å². The summed E-state index contributed by atoms with van der Waals surface area (Å²) >= 11 is 0.972. The van der Waals surface area contributed by atoms with E-state index < -0.39 is 10.0 Å².